The van der Waals surface area contributed by atoms with Gasteiger partial charge in [-0.1, -0.05) is 36.2 Å². The molecule has 22 heavy (non-hydrogen) atoms. The Bertz CT molecular complexity index is 748. The fourth-order valence-electron chi connectivity index (χ4n) is 1.87. The first-order valence-corrected chi connectivity index (χ1v) is 7.21. The van der Waals surface area contributed by atoms with Crippen molar-refractivity contribution >= 4 is 40.5 Å². The lowest BCUT2D eigenvalue weighted by Crippen LogP contribution is -2.12. The second kappa shape index (κ2) is 6.77. The second-order valence-electron chi connectivity index (χ2n) is 4.55. The summed E-state index contributed by atoms with van der Waals surface area (Å²) in [5.74, 6) is -0.495. The maximum atomic E-state index is 12.2. The van der Waals surface area contributed by atoms with Gasteiger partial charge in [-0.15, -0.1) is 0 Å². The number of nitrogens with one attached hydrogen (secondary N) is 1. The second-order valence-corrected chi connectivity index (χ2v) is 5.36. The van der Waals surface area contributed by atoms with E-state index in [0.717, 1.165) is 18.1 Å². The van der Waals surface area contributed by atoms with Crippen LogP contribution in [0, 0.1) is 10.1 Å². The summed E-state index contributed by atoms with van der Waals surface area (Å²) < 4.78 is 0. The third kappa shape index (κ3) is 3.55. The summed E-state index contributed by atoms with van der Waals surface area (Å²) in [6, 6.07) is 9.18. The molecular weight excluding hydrogens is 327 g/mol. The van der Waals surface area contributed by atoms with Gasteiger partial charge >= 0.3 is 0 Å². The van der Waals surface area contributed by atoms with Gasteiger partial charge < -0.3 is 5.32 Å². The molecule has 0 heterocycles. The number of carbonyl (C=O) groups excluding carboxylic acids is 1. The van der Waals surface area contributed by atoms with Gasteiger partial charge in [-0.2, -0.15) is 0 Å². The highest BCUT2D eigenvalue weighted by molar-refractivity contribution is 6.34. The number of aryl methyl sites for hydroxylation is 1. The molecule has 7 heteroatoms. The third-order valence-corrected chi connectivity index (χ3v) is 3.73. The molecule has 1 N–H and O–H groups in total. The topological polar surface area (TPSA) is 72.2 Å². The summed E-state index contributed by atoms with van der Waals surface area (Å²) >= 11 is 11.8. The molecule has 0 aliphatic heterocycles. The Labute approximate surface area is 137 Å². The van der Waals surface area contributed by atoms with Crippen LogP contribution in [0.15, 0.2) is 36.4 Å². The van der Waals surface area contributed by atoms with Crippen molar-refractivity contribution in [2.75, 3.05) is 5.32 Å². The highest BCUT2D eigenvalue weighted by Gasteiger charge is 2.17. The van der Waals surface area contributed by atoms with Gasteiger partial charge in [0.15, 0.2) is 0 Å². The summed E-state index contributed by atoms with van der Waals surface area (Å²) in [4.78, 5) is 22.4. The summed E-state index contributed by atoms with van der Waals surface area (Å²) in [6.45, 7) is 2.00. The number of amides is 1. The Balaban J connectivity index is 2.26. The SMILES string of the molecule is CCc1ccc(NC(=O)c2ccc(Cl)c([N+](=O)[O-])c2)c(Cl)c1. The molecule has 0 radical (unpaired) electrons. The number of anilines is 1. The quantitative estimate of drug-likeness (QED) is 0.647. The Kier molecular flexibility index (Phi) is 5.00. The fraction of sp³-hybridized carbons (Fsp3) is 0.133. The van der Waals surface area contributed by atoms with Crippen LogP contribution < -0.4 is 5.32 Å². The van der Waals surface area contributed by atoms with E-state index >= 15 is 0 Å². The van der Waals surface area contributed by atoms with Gasteiger partial charge in [0.25, 0.3) is 11.6 Å². The van der Waals surface area contributed by atoms with Crippen LogP contribution in [0.25, 0.3) is 0 Å². The average Bonchev–Trinajstić information content (AvgIpc) is 2.49. The number of benzene rings is 2. The van der Waals surface area contributed by atoms with E-state index in [1.807, 2.05) is 13.0 Å². The van der Waals surface area contributed by atoms with Crippen molar-refractivity contribution < 1.29 is 9.72 Å². The summed E-state index contributed by atoms with van der Waals surface area (Å²) in [7, 11) is 0. The van der Waals surface area contributed by atoms with Crippen LogP contribution in [0.1, 0.15) is 22.8 Å². The zero-order valence-corrected chi connectivity index (χ0v) is 13.1. The van der Waals surface area contributed by atoms with Crippen LogP contribution in [-0.4, -0.2) is 10.8 Å². The Morgan fingerprint density at radius 1 is 1.18 bits per heavy atom. The highest BCUT2D eigenvalue weighted by atomic mass is 35.5. The normalized spacial score (nSPS) is 10.3. The molecule has 2 aromatic carbocycles. The van der Waals surface area contributed by atoms with Crippen LogP contribution in [-0.2, 0) is 6.42 Å². The van der Waals surface area contributed by atoms with Gasteiger partial charge in [-0.05, 0) is 36.2 Å². The molecule has 5 nitrogen and oxygen atoms in total. The molecule has 0 aliphatic carbocycles. The van der Waals surface area contributed by atoms with Gasteiger partial charge in [0.1, 0.15) is 5.02 Å². The fourth-order valence-corrected chi connectivity index (χ4v) is 2.31. The van der Waals surface area contributed by atoms with Crippen molar-refractivity contribution in [1.82, 2.24) is 0 Å². The van der Waals surface area contributed by atoms with E-state index < -0.39 is 10.8 Å². The van der Waals surface area contributed by atoms with Gasteiger partial charge in [0, 0.05) is 11.6 Å². The van der Waals surface area contributed by atoms with E-state index in [1.165, 1.54) is 12.1 Å². The van der Waals surface area contributed by atoms with E-state index in [0.29, 0.717) is 10.7 Å². The molecule has 0 unspecified atom stereocenters. The first-order valence-electron chi connectivity index (χ1n) is 6.46. The van der Waals surface area contributed by atoms with Crippen LogP contribution in [0.3, 0.4) is 0 Å². The molecule has 1 amide bonds. The van der Waals surface area contributed by atoms with Crippen LogP contribution >= 0.6 is 23.2 Å². The number of nitro groups is 1. The van der Waals surface area contributed by atoms with Crippen LogP contribution in [0.4, 0.5) is 11.4 Å². The standard InChI is InChI=1S/C15H12Cl2N2O3/c1-2-9-3-6-13(12(17)7-9)18-15(20)10-4-5-11(16)14(8-10)19(21)22/h3-8H,2H2,1H3,(H,18,20). The largest absolute Gasteiger partial charge is 0.321 e. The molecule has 0 bridgehead atoms. The molecule has 0 aliphatic rings. The maximum absolute atomic E-state index is 12.2. The summed E-state index contributed by atoms with van der Waals surface area (Å²) in [6.07, 6.45) is 0.831. The molecule has 0 atom stereocenters. The zero-order chi connectivity index (χ0) is 16.3. The molecule has 0 aromatic heterocycles. The predicted octanol–water partition coefficient (Wildman–Crippen LogP) is 4.72. The minimum atomic E-state index is -0.637. The van der Waals surface area contributed by atoms with E-state index in [2.05, 4.69) is 5.32 Å². The molecule has 2 aromatic rings. The van der Waals surface area contributed by atoms with E-state index in [9.17, 15) is 14.9 Å². The number of rotatable bonds is 4. The zero-order valence-electron chi connectivity index (χ0n) is 11.6. The molecule has 114 valence electrons. The Hall–Kier alpha value is -2.11. The van der Waals surface area contributed by atoms with Crippen molar-refractivity contribution in [1.29, 1.82) is 0 Å². The molecule has 0 saturated carbocycles. The van der Waals surface area contributed by atoms with Crippen molar-refractivity contribution in [3.8, 4) is 0 Å². The molecule has 0 spiro atoms. The number of hydrogen-bond acceptors (Lipinski definition) is 3. The summed E-state index contributed by atoms with van der Waals surface area (Å²) in [5, 5.41) is 13.9. The van der Waals surface area contributed by atoms with E-state index in [-0.39, 0.29) is 16.3 Å². The first-order chi connectivity index (χ1) is 10.4. The number of nitro benzene ring substituents is 1. The van der Waals surface area contributed by atoms with Gasteiger partial charge in [-0.3, -0.25) is 14.9 Å². The highest BCUT2D eigenvalue weighted by Crippen LogP contribution is 2.27. The predicted molar refractivity (Wildman–Crippen MR) is 86.9 cm³/mol. The minimum Gasteiger partial charge on any atom is -0.321 e. The average molecular weight is 339 g/mol. The molecular formula is C15H12Cl2N2O3. The summed E-state index contributed by atoms with van der Waals surface area (Å²) in [5.41, 5.74) is 1.31. The van der Waals surface area contributed by atoms with Crippen molar-refractivity contribution in [3.05, 3.63) is 67.7 Å². The first kappa shape index (κ1) is 16.3. The lowest BCUT2D eigenvalue weighted by atomic mass is 10.1. The monoisotopic (exact) mass is 338 g/mol. The van der Waals surface area contributed by atoms with Crippen molar-refractivity contribution in [2.45, 2.75) is 13.3 Å². The number of nitrogens with zero attached hydrogens (tertiary/aromatic N) is 1. The van der Waals surface area contributed by atoms with Gasteiger partial charge in [0.05, 0.1) is 15.6 Å². The van der Waals surface area contributed by atoms with Crippen LogP contribution in [0.5, 0.6) is 0 Å². The van der Waals surface area contributed by atoms with Crippen LogP contribution in [0.2, 0.25) is 10.0 Å². The Morgan fingerprint density at radius 3 is 2.50 bits per heavy atom. The lowest BCUT2D eigenvalue weighted by Gasteiger charge is -2.09. The van der Waals surface area contributed by atoms with Gasteiger partial charge in [-0.25, -0.2) is 0 Å². The molecule has 0 fully saturated rings. The number of halogens is 2. The third-order valence-electron chi connectivity index (χ3n) is 3.09. The lowest BCUT2D eigenvalue weighted by molar-refractivity contribution is -0.384. The van der Waals surface area contributed by atoms with E-state index in [4.69, 9.17) is 23.2 Å². The maximum Gasteiger partial charge on any atom is 0.288 e. The van der Waals surface area contributed by atoms with E-state index in [1.54, 1.807) is 12.1 Å². The minimum absolute atomic E-state index is 0.0214. The Morgan fingerprint density at radius 2 is 1.91 bits per heavy atom. The number of hydrogen-bond donors (Lipinski definition) is 1. The smallest absolute Gasteiger partial charge is 0.288 e. The molecule has 2 rings (SSSR count). The van der Waals surface area contributed by atoms with Gasteiger partial charge in [0.2, 0.25) is 0 Å². The van der Waals surface area contributed by atoms with Crippen molar-refractivity contribution in [3.63, 3.8) is 0 Å². The number of carbonyl (C=O) groups is 1. The molecule has 0 saturated heterocycles. The van der Waals surface area contributed by atoms with Crippen molar-refractivity contribution in [2.24, 2.45) is 0 Å².